The van der Waals surface area contributed by atoms with E-state index < -0.39 is 44.4 Å². The Morgan fingerprint density at radius 2 is 1.69 bits per heavy atom. The van der Waals surface area contributed by atoms with E-state index in [0.717, 1.165) is 52.3 Å². The predicted molar refractivity (Wildman–Crippen MR) is 141 cm³/mol. The van der Waals surface area contributed by atoms with Gasteiger partial charge in [0.2, 0.25) is 0 Å². The topological polar surface area (TPSA) is 141 Å². The number of phenols is 1. The Labute approximate surface area is 222 Å². The Morgan fingerprint density at radius 3 is 2.36 bits per heavy atom. The van der Waals surface area contributed by atoms with Gasteiger partial charge < -0.3 is 5.11 Å². The monoisotopic (exact) mass is 544 g/mol. The van der Waals surface area contributed by atoms with Crippen molar-refractivity contribution >= 4 is 34.5 Å². The number of rotatable bonds is 4. The maximum Gasteiger partial charge on any atom is 0.318 e. The first-order valence-corrected chi connectivity index (χ1v) is 12.6. The summed E-state index contributed by atoms with van der Waals surface area (Å²) in [4.78, 5) is 39.9. The summed E-state index contributed by atoms with van der Waals surface area (Å²) in [6.07, 6.45) is 2.69. The second kappa shape index (κ2) is 9.10. The molecule has 0 radical (unpaired) electrons. The second-order valence-electron chi connectivity index (χ2n) is 9.09. The van der Waals surface area contributed by atoms with Gasteiger partial charge in [-0.05, 0) is 53.3 Å². The minimum atomic E-state index is -1.06. The van der Waals surface area contributed by atoms with Crippen molar-refractivity contribution in [1.82, 2.24) is 4.57 Å². The van der Waals surface area contributed by atoms with Crippen LogP contribution in [0.5, 0.6) is 5.75 Å². The van der Waals surface area contributed by atoms with Crippen LogP contribution >= 0.6 is 11.3 Å². The minimum Gasteiger partial charge on any atom is -0.497 e. The van der Waals surface area contributed by atoms with Crippen molar-refractivity contribution in [3.05, 3.63) is 134 Å². The summed E-state index contributed by atoms with van der Waals surface area (Å²) in [6, 6.07) is 15.2. The van der Waals surface area contributed by atoms with Gasteiger partial charge in [0.15, 0.2) is 4.80 Å². The Kier molecular flexibility index (Phi) is 5.69. The number of hydrogen-bond donors (Lipinski definition) is 1. The number of nitro benzene ring substituents is 2. The zero-order chi connectivity index (χ0) is 27.4. The molecule has 39 heavy (non-hydrogen) atoms. The molecule has 3 aromatic carbocycles. The van der Waals surface area contributed by atoms with Gasteiger partial charge in [-0.25, -0.2) is 9.38 Å². The first-order valence-electron chi connectivity index (χ1n) is 11.8. The molecule has 2 heterocycles. The van der Waals surface area contributed by atoms with E-state index in [-0.39, 0.29) is 10.1 Å². The molecule has 1 N–H and O–H groups in total. The fourth-order valence-corrected chi connectivity index (χ4v) is 6.11. The van der Waals surface area contributed by atoms with Crippen LogP contribution in [0.4, 0.5) is 15.8 Å². The average Bonchev–Trinajstić information content (AvgIpc) is 3.22. The van der Waals surface area contributed by atoms with Crippen molar-refractivity contribution in [2.45, 2.75) is 18.9 Å². The standard InChI is InChI=1S/C27H17FN4O6S/c28-17-8-5-16(6-9-17)24-19-10-7-15-3-1-2-4-18(15)23(19)29-27-30(24)26(34)22(39-27)13-14-11-20(31(35)36)25(33)21(12-14)32(37)38/h1-6,8-9,11-13,24,33H,7,10H2/b22-13-. The molecule has 194 valence electrons. The number of hydrogen-bond acceptors (Lipinski definition) is 8. The largest absolute Gasteiger partial charge is 0.497 e. The van der Waals surface area contributed by atoms with Gasteiger partial charge >= 0.3 is 11.4 Å². The number of fused-ring (bicyclic) bond motifs is 3. The van der Waals surface area contributed by atoms with Crippen LogP contribution in [0.2, 0.25) is 0 Å². The number of nitro groups is 2. The van der Waals surface area contributed by atoms with E-state index in [1.165, 1.54) is 22.8 Å². The summed E-state index contributed by atoms with van der Waals surface area (Å²) < 4.78 is 15.5. The Balaban J connectivity index is 1.61. The molecule has 0 amide bonds. The van der Waals surface area contributed by atoms with Crippen LogP contribution in [0.1, 0.15) is 34.7 Å². The minimum absolute atomic E-state index is 0.00361. The average molecular weight is 545 g/mol. The van der Waals surface area contributed by atoms with E-state index in [1.807, 2.05) is 24.3 Å². The van der Waals surface area contributed by atoms with Crippen LogP contribution in [0.25, 0.3) is 11.8 Å². The lowest BCUT2D eigenvalue weighted by molar-refractivity contribution is -0.396. The SMILES string of the molecule is O=c1/c(=C/c2cc([N+](=O)[O-])c(O)c([N+](=O)[O-])c2)sc2n1C(c1ccc(F)cc1)C1=C(N=2)c2ccccc2CC1. The second-order valence-corrected chi connectivity index (χ2v) is 10.1. The van der Waals surface area contributed by atoms with Crippen molar-refractivity contribution in [2.75, 3.05) is 0 Å². The Morgan fingerprint density at radius 1 is 1.03 bits per heavy atom. The van der Waals surface area contributed by atoms with Crippen molar-refractivity contribution in [1.29, 1.82) is 0 Å². The molecule has 1 atom stereocenters. The number of nitrogens with zero attached hydrogens (tertiary/aromatic N) is 4. The molecule has 1 unspecified atom stereocenters. The number of thiazole rings is 1. The molecule has 1 aliphatic carbocycles. The summed E-state index contributed by atoms with van der Waals surface area (Å²) in [7, 11) is 0. The molecule has 1 aromatic heterocycles. The molecule has 0 spiro atoms. The Bertz CT molecular complexity index is 1890. The lowest BCUT2D eigenvalue weighted by Crippen LogP contribution is -2.38. The summed E-state index contributed by atoms with van der Waals surface area (Å²) >= 11 is 1.04. The third-order valence-electron chi connectivity index (χ3n) is 6.84. The summed E-state index contributed by atoms with van der Waals surface area (Å²) in [6.45, 7) is 0. The molecule has 0 bridgehead atoms. The molecule has 1 aliphatic heterocycles. The Hall–Kier alpha value is -4.97. The highest BCUT2D eigenvalue weighted by atomic mass is 32.1. The van der Waals surface area contributed by atoms with E-state index in [0.29, 0.717) is 16.8 Å². The highest BCUT2D eigenvalue weighted by Gasteiger charge is 2.33. The molecule has 2 aliphatic rings. The summed E-state index contributed by atoms with van der Waals surface area (Å²) in [5.74, 6) is -1.48. The van der Waals surface area contributed by atoms with Crippen LogP contribution in [-0.4, -0.2) is 19.5 Å². The van der Waals surface area contributed by atoms with Gasteiger partial charge in [0.1, 0.15) is 5.82 Å². The van der Waals surface area contributed by atoms with Crippen LogP contribution in [0, 0.1) is 26.0 Å². The molecule has 0 fully saturated rings. The fraction of sp³-hybridized carbons (Fsp3) is 0.111. The molecule has 12 heteroatoms. The highest BCUT2D eigenvalue weighted by Crippen LogP contribution is 2.41. The van der Waals surface area contributed by atoms with Crippen LogP contribution in [-0.2, 0) is 6.42 Å². The van der Waals surface area contributed by atoms with Gasteiger partial charge in [0.05, 0.1) is 26.1 Å². The number of phenolic OH excluding ortho intramolecular Hbond substituents is 1. The number of allylic oxidation sites excluding steroid dienone is 1. The van der Waals surface area contributed by atoms with E-state index in [1.54, 1.807) is 12.1 Å². The smallest absolute Gasteiger partial charge is 0.318 e. The third kappa shape index (κ3) is 4.01. The predicted octanol–water partition coefficient (Wildman–Crippen LogP) is 3.98. The van der Waals surface area contributed by atoms with Crippen molar-refractivity contribution in [3.8, 4) is 5.75 Å². The molecule has 0 saturated carbocycles. The first kappa shape index (κ1) is 24.4. The van der Waals surface area contributed by atoms with E-state index >= 15 is 0 Å². The zero-order valence-corrected chi connectivity index (χ0v) is 20.7. The molecule has 0 saturated heterocycles. The lowest BCUT2D eigenvalue weighted by atomic mass is 9.83. The first-order chi connectivity index (χ1) is 18.7. The molecular weight excluding hydrogens is 527 g/mol. The number of aromatic nitrogens is 1. The van der Waals surface area contributed by atoms with Gasteiger partial charge in [0.25, 0.3) is 11.3 Å². The maximum atomic E-state index is 13.8. The zero-order valence-electron chi connectivity index (χ0n) is 19.9. The van der Waals surface area contributed by atoms with E-state index in [4.69, 9.17) is 4.99 Å². The van der Waals surface area contributed by atoms with Gasteiger partial charge in [0, 0.05) is 17.7 Å². The fourth-order valence-electron chi connectivity index (χ4n) is 5.11. The van der Waals surface area contributed by atoms with Gasteiger partial charge in [-0.2, -0.15) is 0 Å². The molecule has 10 nitrogen and oxygen atoms in total. The summed E-state index contributed by atoms with van der Waals surface area (Å²) in [5, 5.41) is 32.8. The number of halogens is 1. The number of aromatic hydroxyl groups is 1. The quantitative estimate of drug-likeness (QED) is 0.304. The van der Waals surface area contributed by atoms with Gasteiger partial charge in [-0.15, -0.1) is 0 Å². The van der Waals surface area contributed by atoms with Crippen molar-refractivity contribution < 1.29 is 19.3 Å². The van der Waals surface area contributed by atoms with Crippen molar-refractivity contribution in [2.24, 2.45) is 4.99 Å². The van der Waals surface area contributed by atoms with Crippen LogP contribution in [0.15, 0.2) is 76.0 Å². The van der Waals surface area contributed by atoms with E-state index in [9.17, 15) is 34.5 Å². The van der Waals surface area contributed by atoms with Crippen LogP contribution in [0.3, 0.4) is 0 Å². The number of aryl methyl sites for hydroxylation is 1. The molecule has 4 aromatic rings. The lowest BCUT2D eigenvalue weighted by Gasteiger charge is -2.30. The van der Waals surface area contributed by atoms with Crippen molar-refractivity contribution in [3.63, 3.8) is 0 Å². The molecular formula is C27H17FN4O6S. The van der Waals surface area contributed by atoms with Gasteiger partial charge in [-0.3, -0.25) is 29.6 Å². The number of benzene rings is 3. The van der Waals surface area contributed by atoms with E-state index in [2.05, 4.69) is 0 Å². The highest BCUT2D eigenvalue weighted by molar-refractivity contribution is 7.07. The molecule has 6 rings (SSSR count). The maximum absolute atomic E-state index is 13.8. The van der Waals surface area contributed by atoms with Gasteiger partial charge in [-0.1, -0.05) is 47.7 Å². The third-order valence-corrected chi connectivity index (χ3v) is 7.82. The normalized spacial score (nSPS) is 16.2. The summed E-state index contributed by atoms with van der Waals surface area (Å²) in [5.41, 5.74) is 2.29. The van der Waals surface area contributed by atoms with Crippen LogP contribution < -0.4 is 14.9 Å².